The quantitative estimate of drug-likeness (QED) is 0.389. The monoisotopic (exact) mass is 457 g/mol. The highest BCUT2D eigenvalue weighted by atomic mass is 35.5. The van der Waals surface area contributed by atoms with Gasteiger partial charge >= 0.3 is 0 Å². The molecule has 0 spiro atoms. The summed E-state index contributed by atoms with van der Waals surface area (Å²) in [4.78, 5) is 24.1. The molecule has 7 nitrogen and oxygen atoms in total. The van der Waals surface area contributed by atoms with Crippen molar-refractivity contribution in [1.82, 2.24) is 15.5 Å². The lowest BCUT2D eigenvalue weighted by Gasteiger charge is -2.06. The second-order valence-corrected chi connectivity index (χ2v) is 8.61. The van der Waals surface area contributed by atoms with Gasteiger partial charge in [-0.15, -0.1) is 10.2 Å². The molecule has 0 bridgehead atoms. The molecule has 0 unspecified atom stereocenters. The van der Waals surface area contributed by atoms with Crippen molar-refractivity contribution in [2.75, 3.05) is 11.9 Å². The molecule has 10 heteroatoms. The van der Waals surface area contributed by atoms with Gasteiger partial charge in [0.15, 0.2) is 4.34 Å². The predicted octanol–water partition coefficient (Wildman–Crippen LogP) is 4.11. The molecule has 0 aliphatic rings. The van der Waals surface area contributed by atoms with Crippen molar-refractivity contribution in [2.24, 2.45) is 0 Å². The van der Waals surface area contributed by atoms with Crippen LogP contribution >= 0.6 is 34.7 Å². The molecule has 0 aliphatic carbocycles. The van der Waals surface area contributed by atoms with Crippen molar-refractivity contribution in [1.29, 1.82) is 5.26 Å². The van der Waals surface area contributed by atoms with E-state index in [2.05, 4.69) is 26.9 Å². The number of nitriles is 1. The van der Waals surface area contributed by atoms with Gasteiger partial charge in [-0.05, 0) is 29.8 Å². The number of hydrogen-bond acceptors (Lipinski definition) is 7. The number of carbonyl (C=O) groups is 2. The molecule has 3 rings (SSSR count). The first-order valence-electron chi connectivity index (χ1n) is 8.83. The number of aromatic nitrogens is 2. The molecule has 0 saturated heterocycles. The van der Waals surface area contributed by atoms with E-state index in [1.165, 1.54) is 23.1 Å². The van der Waals surface area contributed by atoms with Crippen LogP contribution in [0.2, 0.25) is 5.02 Å². The molecule has 2 N–H and O–H groups in total. The van der Waals surface area contributed by atoms with Crippen molar-refractivity contribution in [2.45, 2.75) is 16.5 Å². The molecule has 2 aromatic carbocycles. The van der Waals surface area contributed by atoms with Gasteiger partial charge in [0.1, 0.15) is 0 Å². The molecular formula is C20H16ClN5O2S2. The van der Waals surface area contributed by atoms with Crippen molar-refractivity contribution < 1.29 is 9.59 Å². The summed E-state index contributed by atoms with van der Waals surface area (Å²) in [7, 11) is 0. The number of rotatable bonds is 8. The van der Waals surface area contributed by atoms with Crippen molar-refractivity contribution >= 4 is 51.6 Å². The maximum atomic E-state index is 12.1. The van der Waals surface area contributed by atoms with E-state index < -0.39 is 0 Å². The maximum Gasteiger partial charge on any atom is 0.252 e. The number of hydrogen-bond donors (Lipinski definition) is 2. The van der Waals surface area contributed by atoms with Gasteiger partial charge < -0.3 is 10.6 Å². The fourth-order valence-electron chi connectivity index (χ4n) is 2.35. The number of carbonyl (C=O) groups excluding carboxylic acids is 2. The Morgan fingerprint density at radius 1 is 1.13 bits per heavy atom. The first kappa shape index (κ1) is 21.8. The zero-order chi connectivity index (χ0) is 21.3. The molecule has 152 valence electrons. The molecule has 0 atom stereocenters. The van der Waals surface area contributed by atoms with E-state index in [0.29, 0.717) is 27.0 Å². The van der Waals surface area contributed by atoms with E-state index >= 15 is 0 Å². The molecule has 3 aromatic rings. The first-order valence-corrected chi connectivity index (χ1v) is 11.0. The van der Waals surface area contributed by atoms with Crippen LogP contribution in [-0.2, 0) is 10.5 Å². The van der Waals surface area contributed by atoms with Crippen LogP contribution in [0.3, 0.4) is 0 Å². The fourth-order valence-corrected chi connectivity index (χ4v) is 4.30. The highest BCUT2D eigenvalue weighted by molar-refractivity contribution is 8.00. The third kappa shape index (κ3) is 6.29. The lowest BCUT2D eigenvalue weighted by atomic mass is 10.2. The van der Waals surface area contributed by atoms with Crippen LogP contribution in [0, 0.1) is 11.3 Å². The Balaban J connectivity index is 1.41. The predicted molar refractivity (Wildman–Crippen MR) is 118 cm³/mol. The van der Waals surface area contributed by atoms with Crippen LogP contribution in [0.25, 0.3) is 0 Å². The number of halogens is 1. The second-order valence-electron chi connectivity index (χ2n) is 6.00. The smallest absolute Gasteiger partial charge is 0.252 e. The summed E-state index contributed by atoms with van der Waals surface area (Å²) >= 11 is 8.76. The summed E-state index contributed by atoms with van der Waals surface area (Å²) in [5.74, 6) is 0.0857. The molecule has 2 amide bonds. The molecule has 0 radical (unpaired) electrons. The molecule has 0 fully saturated rings. The van der Waals surface area contributed by atoms with E-state index in [1.54, 1.807) is 36.4 Å². The summed E-state index contributed by atoms with van der Waals surface area (Å²) in [6.07, 6.45) is 0.101. The number of benzene rings is 2. The average molecular weight is 458 g/mol. The summed E-state index contributed by atoms with van der Waals surface area (Å²) in [5.41, 5.74) is 2.05. The lowest BCUT2D eigenvalue weighted by molar-refractivity contribution is -0.116. The third-order valence-corrected chi connectivity index (χ3v) is 6.23. The molecular weight excluding hydrogens is 442 g/mol. The van der Waals surface area contributed by atoms with Crippen LogP contribution in [0.1, 0.15) is 27.9 Å². The highest BCUT2D eigenvalue weighted by Crippen LogP contribution is 2.28. The van der Waals surface area contributed by atoms with Gasteiger partial charge in [0.2, 0.25) is 11.0 Å². The number of thioether (sulfide) groups is 1. The summed E-state index contributed by atoms with van der Waals surface area (Å²) < 4.78 is 0.724. The third-order valence-electron chi connectivity index (χ3n) is 3.85. The minimum atomic E-state index is -0.328. The van der Waals surface area contributed by atoms with Crippen LogP contribution in [0.4, 0.5) is 5.13 Å². The number of nitrogens with zero attached hydrogens (tertiary/aromatic N) is 3. The van der Waals surface area contributed by atoms with Crippen LogP contribution in [0.15, 0.2) is 52.9 Å². The molecule has 1 heterocycles. The van der Waals surface area contributed by atoms with Crippen molar-refractivity contribution in [3.8, 4) is 6.07 Å². The summed E-state index contributed by atoms with van der Waals surface area (Å²) in [5, 5.41) is 23.0. The Morgan fingerprint density at radius 3 is 2.63 bits per heavy atom. The van der Waals surface area contributed by atoms with Gasteiger partial charge in [-0.1, -0.05) is 59.0 Å². The lowest BCUT2D eigenvalue weighted by Crippen LogP contribution is -2.27. The van der Waals surface area contributed by atoms with Gasteiger partial charge in [-0.3, -0.25) is 9.59 Å². The number of anilines is 1. The number of nitrogens with one attached hydrogen (secondary N) is 2. The summed E-state index contributed by atoms with van der Waals surface area (Å²) in [6.45, 7) is 0.176. The van der Waals surface area contributed by atoms with Gasteiger partial charge in [-0.25, -0.2) is 0 Å². The zero-order valence-corrected chi connectivity index (χ0v) is 18.0. The molecule has 0 aliphatic heterocycles. The van der Waals surface area contributed by atoms with E-state index in [-0.39, 0.29) is 24.8 Å². The highest BCUT2D eigenvalue weighted by Gasteiger charge is 2.12. The van der Waals surface area contributed by atoms with Crippen molar-refractivity contribution in [3.63, 3.8) is 0 Å². The minimum Gasteiger partial charge on any atom is -0.351 e. The maximum absolute atomic E-state index is 12.1. The Kier molecular flexibility index (Phi) is 7.79. The average Bonchev–Trinajstić information content (AvgIpc) is 3.20. The zero-order valence-electron chi connectivity index (χ0n) is 15.6. The molecule has 30 heavy (non-hydrogen) atoms. The van der Waals surface area contributed by atoms with Gasteiger partial charge in [0.05, 0.1) is 22.2 Å². The molecule has 1 aromatic heterocycles. The fraction of sp³-hybridized carbons (Fsp3) is 0.150. The van der Waals surface area contributed by atoms with Gasteiger partial charge in [-0.2, -0.15) is 5.26 Å². The topological polar surface area (TPSA) is 108 Å². The normalized spacial score (nSPS) is 10.3. The SMILES string of the molecule is N#Cc1ccc(CSc2nnc(NC(=O)CCNC(=O)c3ccccc3Cl)s2)cc1. The van der Waals surface area contributed by atoms with E-state index in [0.717, 1.165) is 9.90 Å². The minimum absolute atomic E-state index is 0.101. The summed E-state index contributed by atoms with van der Waals surface area (Å²) in [6, 6.07) is 16.1. The van der Waals surface area contributed by atoms with Gasteiger partial charge in [0.25, 0.3) is 5.91 Å². The van der Waals surface area contributed by atoms with E-state index in [1.807, 2.05) is 12.1 Å². The van der Waals surface area contributed by atoms with E-state index in [9.17, 15) is 9.59 Å². The van der Waals surface area contributed by atoms with Crippen LogP contribution in [-0.4, -0.2) is 28.6 Å². The Hall–Kier alpha value is -2.93. The van der Waals surface area contributed by atoms with Gasteiger partial charge in [0, 0.05) is 18.7 Å². The van der Waals surface area contributed by atoms with Crippen molar-refractivity contribution in [3.05, 3.63) is 70.2 Å². The van der Waals surface area contributed by atoms with Crippen LogP contribution in [0.5, 0.6) is 0 Å². The number of amides is 2. The molecule has 0 saturated carbocycles. The first-order chi connectivity index (χ1) is 14.5. The second kappa shape index (κ2) is 10.7. The Bertz CT molecular complexity index is 1080. The standard InChI is InChI=1S/C20H16ClN5O2S2/c21-16-4-2-1-3-15(16)18(28)23-10-9-17(27)24-19-25-26-20(30-19)29-12-14-7-5-13(11-22)6-8-14/h1-8H,9-10,12H2,(H,23,28)(H,24,25,27). The van der Waals surface area contributed by atoms with E-state index in [4.69, 9.17) is 16.9 Å². The Labute approximate surface area is 186 Å². The van der Waals surface area contributed by atoms with Crippen LogP contribution < -0.4 is 10.6 Å². The Morgan fingerprint density at radius 2 is 1.90 bits per heavy atom. The largest absolute Gasteiger partial charge is 0.351 e.